The van der Waals surface area contributed by atoms with Gasteiger partial charge < -0.3 is 29.5 Å². The summed E-state index contributed by atoms with van der Waals surface area (Å²) < 4.78 is 18.2. The van der Waals surface area contributed by atoms with Crippen molar-refractivity contribution in [2.24, 2.45) is 0 Å². The monoisotopic (exact) mass is 741 g/mol. The Kier molecular flexibility index (Phi) is 17.2. The molecule has 54 heavy (non-hydrogen) atoms. The number of phenols is 3. The van der Waals surface area contributed by atoms with Gasteiger partial charge in [0.1, 0.15) is 34.5 Å². The highest BCUT2D eigenvalue weighted by atomic mass is 16.5. The zero-order valence-corrected chi connectivity index (χ0v) is 33.6. The lowest BCUT2D eigenvalue weighted by Crippen LogP contribution is -2.04. The molecule has 9 nitrogen and oxygen atoms in total. The highest BCUT2D eigenvalue weighted by Crippen LogP contribution is 2.42. The maximum atomic E-state index is 11.5. The first-order valence-corrected chi connectivity index (χ1v) is 20.3. The van der Waals surface area contributed by atoms with Gasteiger partial charge in [0.25, 0.3) is 0 Å². The fourth-order valence-electron chi connectivity index (χ4n) is 6.46. The van der Waals surface area contributed by atoms with Gasteiger partial charge in [-0.15, -0.1) is 0 Å². The van der Waals surface area contributed by atoms with Crippen molar-refractivity contribution < 1.29 is 29.5 Å². The molecule has 0 unspecified atom stereocenters. The van der Waals surface area contributed by atoms with E-state index in [1.807, 2.05) is 39.0 Å². The maximum Gasteiger partial charge on any atom is 0.167 e. The van der Waals surface area contributed by atoms with Crippen LogP contribution in [-0.4, -0.2) is 50.1 Å². The topological polar surface area (TPSA) is 127 Å². The van der Waals surface area contributed by atoms with Crippen molar-refractivity contribution >= 4 is 0 Å². The van der Waals surface area contributed by atoms with E-state index < -0.39 is 0 Å². The van der Waals surface area contributed by atoms with Crippen molar-refractivity contribution in [3.8, 4) is 68.7 Å². The van der Waals surface area contributed by atoms with Crippen LogP contribution in [0.25, 0.3) is 34.2 Å². The van der Waals surface area contributed by atoms with Gasteiger partial charge >= 0.3 is 0 Å². The van der Waals surface area contributed by atoms with Gasteiger partial charge in [-0.3, -0.25) is 0 Å². The van der Waals surface area contributed by atoms with Gasteiger partial charge in [-0.1, -0.05) is 97.8 Å². The molecule has 9 heteroatoms. The number of benzene rings is 3. The molecule has 0 aliphatic carbocycles. The zero-order valence-electron chi connectivity index (χ0n) is 33.6. The predicted octanol–water partition coefficient (Wildman–Crippen LogP) is 12.0. The summed E-state index contributed by atoms with van der Waals surface area (Å²) in [6.45, 7) is 13.7. The van der Waals surface area contributed by atoms with E-state index in [2.05, 4.69) is 20.8 Å². The minimum Gasteiger partial charge on any atom is -0.507 e. The van der Waals surface area contributed by atoms with Crippen LogP contribution in [0.4, 0.5) is 0 Å². The fraction of sp³-hybridized carbons (Fsp3) is 0.533. The number of hydrogen-bond donors (Lipinski definition) is 3. The van der Waals surface area contributed by atoms with Crippen molar-refractivity contribution in [1.82, 2.24) is 15.0 Å². The molecule has 3 N–H and O–H groups in total. The summed E-state index contributed by atoms with van der Waals surface area (Å²) in [5.74, 6) is 2.36. The molecule has 0 saturated carbocycles. The van der Waals surface area contributed by atoms with Gasteiger partial charge in [0.2, 0.25) is 0 Å². The minimum absolute atomic E-state index is 0.00671. The molecule has 0 saturated heterocycles. The molecule has 0 amide bonds. The summed E-state index contributed by atoms with van der Waals surface area (Å²) >= 11 is 0. The number of aromatic hydroxyl groups is 3. The lowest BCUT2D eigenvalue weighted by Gasteiger charge is -2.16. The highest BCUT2D eigenvalue weighted by Gasteiger charge is 2.22. The van der Waals surface area contributed by atoms with Crippen molar-refractivity contribution in [2.45, 2.75) is 138 Å². The van der Waals surface area contributed by atoms with Gasteiger partial charge in [-0.05, 0) is 76.4 Å². The summed E-state index contributed by atoms with van der Waals surface area (Å²) in [6, 6.07) is 10.7. The molecule has 0 aliphatic heterocycles. The SMILES string of the molecule is CCCCCCCOc1ccc(-c2nc(-c3ccc(OCCCCCCC)c(C)c3O)nc(-c3ccc(OCCCCCCC)c(C)c3O)n2)c(O)c1C. The summed E-state index contributed by atoms with van der Waals surface area (Å²) in [4.78, 5) is 14.3. The van der Waals surface area contributed by atoms with Gasteiger partial charge in [0.05, 0.1) is 36.5 Å². The molecule has 1 heterocycles. The highest BCUT2D eigenvalue weighted by molar-refractivity contribution is 5.77. The molecule has 4 rings (SSSR count). The second-order valence-corrected chi connectivity index (χ2v) is 14.3. The van der Waals surface area contributed by atoms with Gasteiger partial charge in [-0.2, -0.15) is 0 Å². The third-order valence-electron chi connectivity index (χ3n) is 10.0. The summed E-state index contributed by atoms with van der Waals surface area (Å²) in [5.41, 5.74) is 2.88. The van der Waals surface area contributed by atoms with Crippen LogP contribution in [0.15, 0.2) is 36.4 Å². The van der Waals surface area contributed by atoms with E-state index in [1.54, 1.807) is 18.2 Å². The number of hydrogen-bond acceptors (Lipinski definition) is 9. The van der Waals surface area contributed by atoms with Crippen LogP contribution in [0.2, 0.25) is 0 Å². The van der Waals surface area contributed by atoms with Crippen molar-refractivity contribution in [3.05, 3.63) is 53.1 Å². The Hall–Kier alpha value is -4.53. The Morgan fingerprint density at radius 1 is 0.389 bits per heavy atom. The largest absolute Gasteiger partial charge is 0.507 e. The van der Waals surface area contributed by atoms with Crippen LogP contribution >= 0.6 is 0 Å². The number of phenolic OH excluding ortho intramolecular Hbond substituents is 3. The summed E-state index contributed by atoms with van der Waals surface area (Å²) in [6.07, 6.45) is 16.9. The molecule has 1 aromatic heterocycles. The van der Waals surface area contributed by atoms with Gasteiger partial charge in [-0.25, -0.2) is 15.0 Å². The van der Waals surface area contributed by atoms with E-state index >= 15 is 0 Å². The molecular weight excluding hydrogens is 679 g/mol. The third-order valence-corrected chi connectivity index (χ3v) is 10.0. The Morgan fingerprint density at radius 3 is 0.907 bits per heavy atom. The molecule has 294 valence electrons. The average Bonchev–Trinajstić information content (AvgIpc) is 3.17. The Labute approximate surface area is 323 Å². The molecular formula is C45H63N3O6. The van der Waals surface area contributed by atoms with Crippen molar-refractivity contribution in [2.75, 3.05) is 19.8 Å². The number of nitrogens with zero attached hydrogens (tertiary/aromatic N) is 3. The molecule has 0 aliphatic rings. The first-order chi connectivity index (χ1) is 26.2. The quantitative estimate of drug-likeness (QED) is 0.0601. The van der Waals surface area contributed by atoms with E-state index in [0.717, 1.165) is 38.5 Å². The molecule has 0 radical (unpaired) electrons. The Morgan fingerprint density at radius 2 is 0.648 bits per heavy atom. The average molecular weight is 742 g/mol. The molecule has 0 spiro atoms. The maximum absolute atomic E-state index is 11.5. The Bertz CT molecular complexity index is 1560. The molecule has 0 bridgehead atoms. The predicted molar refractivity (Wildman–Crippen MR) is 218 cm³/mol. The zero-order chi connectivity index (χ0) is 38.9. The van der Waals surface area contributed by atoms with Crippen molar-refractivity contribution in [3.63, 3.8) is 0 Å². The lowest BCUT2D eigenvalue weighted by molar-refractivity contribution is 0.300. The summed E-state index contributed by atoms with van der Waals surface area (Å²) in [7, 11) is 0. The fourth-order valence-corrected chi connectivity index (χ4v) is 6.46. The number of aromatic nitrogens is 3. The third kappa shape index (κ3) is 11.5. The minimum atomic E-state index is -0.00671. The van der Waals surface area contributed by atoms with Crippen LogP contribution < -0.4 is 14.2 Å². The van der Waals surface area contributed by atoms with Gasteiger partial charge in [0, 0.05) is 16.7 Å². The van der Waals surface area contributed by atoms with E-state index in [9.17, 15) is 15.3 Å². The van der Waals surface area contributed by atoms with Gasteiger partial charge in [0.15, 0.2) is 17.5 Å². The van der Waals surface area contributed by atoms with E-state index in [1.165, 1.54) is 57.8 Å². The van der Waals surface area contributed by atoms with Crippen molar-refractivity contribution in [1.29, 1.82) is 0 Å². The number of rotatable bonds is 24. The Balaban J connectivity index is 1.69. The smallest absolute Gasteiger partial charge is 0.167 e. The standard InChI is InChI=1S/C45H63N3O6/c1-7-10-13-16-19-28-52-37-25-22-34(40(49)31(37)4)43-46-44(35-23-26-38(32(5)41(35)50)53-29-20-17-14-11-8-2)48-45(47-43)36-24-27-39(33(6)42(36)51)54-30-21-18-15-12-9-3/h22-27,49-51H,7-21,28-30H2,1-6H3. The molecule has 4 aromatic rings. The van der Waals surface area contributed by atoms with E-state index in [4.69, 9.17) is 29.2 Å². The first-order valence-electron chi connectivity index (χ1n) is 20.3. The lowest BCUT2D eigenvalue weighted by atomic mass is 10.0. The van der Waals surface area contributed by atoms with Crippen LogP contribution in [0.5, 0.6) is 34.5 Å². The second-order valence-electron chi connectivity index (χ2n) is 14.3. The van der Waals surface area contributed by atoms with E-state index in [-0.39, 0.29) is 34.7 Å². The van der Waals surface area contributed by atoms with Crippen LogP contribution in [-0.2, 0) is 0 Å². The second kappa shape index (κ2) is 22.0. The van der Waals surface area contributed by atoms with Crippen LogP contribution in [0.3, 0.4) is 0 Å². The normalized spacial score (nSPS) is 11.2. The van der Waals surface area contributed by atoms with E-state index in [0.29, 0.717) is 70.4 Å². The number of unbranched alkanes of at least 4 members (excludes halogenated alkanes) is 12. The van der Waals surface area contributed by atoms with Crippen LogP contribution in [0, 0.1) is 20.8 Å². The molecule has 0 fully saturated rings. The van der Waals surface area contributed by atoms with Crippen LogP contribution in [0.1, 0.15) is 134 Å². The molecule has 3 aromatic carbocycles. The molecule has 0 atom stereocenters. The number of ether oxygens (including phenoxy) is 3. The first kappa shape index (κ1) is 42.2. The summed E-state index contributed by atoms with van der Waals surface area (Å²) in [5, 5.41) is 34.5.